The zero-order valence-corrected chi connectivity index (χ0v) is 27.4. The third-order valence-corrected chi connectivity index (χ3v) is 7.92. The van der Waals surface area contributed by atoms with Crippen molar-refractivity contribution in [2.75, 3.05) is 50.4 Å². The Morgan fingerprint density at radius 2 is 0.625 bits per heavy atom. The van der Waals surface area contributed by atoms with E-state index in [9.17, 15) is 0 Å². The lowest BCUT2D eigenvalue weighted by Gasteiger charge is -2.26. The Morgan fingerprint density at radius 3 is 0.938 bits per heavy atom. The van der Waals surface area contributed by atoms with Crippen molar-refractivity contribution < 1.29 is 18.9 Å². The molecule has 0 unspecified atom stereocenters. The first-order valence-electron chi connectivity index (χ1n) is 16.1. The highest BCUT2D eigenvalue weighted by molar-refractivity contribution is 5.80. The van der Waals surface area contributed by atoms with Gasteiger partial charge >= 0.3 is 0 Å². The van der Waals surface area contributed by atoms with Gasteiger partial charge in [-0.15, -0.1) is 0 Å². The van der Waals surface area contributed by atoms with Gasteiger partial charge in [-0.1, -0.05) is 60.7 Å². The van der Waals surface area contributed by atoms with E-state index in [-0.39, 0.29) is 0 Å². The van der Waals surface area contributed by atoms with Crippen LogP contribution in [0, 0.1) is 0 Å². The molecule has 6 heteroatoms. The topological polar surface area (TPSA) is 43.4 Å². The van der Waals surface area contributed by atoms with Gasteiger partial charge in [0.15, 0.2) is 0 Å². The molecule has 0 amide bonds. The van der Waals surface area contributed by atoms with Gasteiger partial charge < -0.3 is 28.7 Å². The minimum Gasteiger partial charge on any atom is -0.491 e. The van der Waals surface area contributed by atoms with E-state index >= 15 is 0 Å². The average molecular weight is 637 g/mol. The summed E-state index contributed by atoms with van der Waals surface area (Å²) in [6.07, 6.45) is 0. The molecule has 6 rings (SSSR count). The predicted octanol–water partition coefficient (Wildman–Crippen LogP) is 10.3. The summed E-state index contributed by atoms with van der Waals surface area (Å²) in [6.45, 7) is 2.14. The molecule has 242 valence electrons. The van der Waals surface area contributed by atoms with E-state index in [1.165, 1.54) is 0 Å². The molecule has 0 atom stereocenters. The third-order valence-electron chi connectivity index (χ3n) is 7.92. The van der Waals surface area contributed by atoms with Crippen LogP contribution in [0.3, 0.4) is 0 Å². The molecule has 0 fully saturated rings. The van der Waals surface area contributed by atoms with E-state index in [0.29, 0.717) is 26.4 Å². The number of nitrogens with zero attached hydrogens (tertiary/aromatic N) is 2. The second kappa shape index (κ2) is 16.3. The standard InChI is InChI=1S/C42H40N2O4/c1-45-29-31-47-41-25-21-39(22-26-41)43(35-9-5-3-6-10-35)37-17-13-33(14-18-37)34-15-19-38(20-16-34)44(36-11-7-4-8-12-36)40-23-27-42(28-24-40)48-32-30-46-2/h3-28H,29-32H2,1-2H3. The van der Waals surface area contributed by atoms with Crippen LogP contribution in [0.5, 0.6) is 11.5 Å². The highest BCUT2D eigenvalue weighted by Gasteiger charge is 2.15. The van der Waals surface area contributed by atoms with Crippen molar-refractivity contribution in [3.8, 4) is 22.6 Å². The minimum atomic E-state index is 0.517. The van der Waals surface area contributed by atoms with Crippen LogP contribution in [-0.2, 0) is 9.47 Å². The fourth-order valence-corrected chi connectivity index (χ4v) is 5.52. The fourth-order valence-electron chi connectivity index (χ4n) is 5.52. The molecule has 6 aromatic carbocycles. The summed E-state index contributed by atoms with van der Waals surface area (Å²) < 4.78 is 21.8. The van der Waals surface area contributed by atoms with Crippen LogP contribution in [0.4, 0.5) is 34.1 Å². The maximum Gasteiger partial charge on any atom is 0.119 e. The Hall–Kier alpha value is -5.56. The van der Waals surface area contributed by atoms with E-state index in [2.05, 4.69) is 131 Å². The van der Waals surface area contributed by atoms with Crippen LogP contribution in [0.2, 0.25) is 0 Å². The van der Waals surface area contributed by atoms with Gasteiger partial charge in [0.1, 0.15) is 24.7 Å². The molecule has 0 bridgehead atoms. The molecule has 0 aliphatic carbocycles. The number of anilines is 6. The van der Waals surface area contributed by atoms with Crippen LogP contribution >= 0.6 is 0 Å². The Kier molecular flexibility index (Phi) is 11.0. The van der Waals surface area contributed by atoms with Crippen molar-refractivity contribution in [3.05, 3.63) is 158 Å². The molecule has 6 nitrogen and oxygen atoms in total. The van der Waals surface area contributed by atoms with Gasteiger partial charge in [-0.2, -0.15) is 0 Å². The highest BCUT2D eigenvalue weighted by atomic mass is 16.5. The molecule has 48 heavy (non-hydrogen) atoms. The Morgan fingerprint density at radius 1 is 0.333 bits per heavy atom. The summed E-state index contributed by atoms with van der Waals surface area (Å²) in [5, 5.41) is 0. The normalized spacial score (nSPS) is 10.8. The largest absolute Gasteiger partial charge is 0.491 e. The number of rotatable bonds is 15. The number of benzene rings is 6. The number of hydrogen-bond donors (Lipinski definition) is 0. The Bertz CT molecular complexity index is 1670. The fraction of sp³-hybridized carbons (Fsp3) is 0.143. The summed E-state index contributed by atoms with van der Waals surface area (Å²) in [5.74, 6) is 1.63. The molecular weight excluding hydrogens is 596 g/mol. The SMILES string of the molecule is COCCOc1ccc(N(c2ccccc2)c2ccc(-c3ccc(N(c4ccccc4)c4ccc(OCCOC)cc4)cc3)cc2)cc1. The number of para-hydroxylation sites is 2. The summed E-state index contributed by atoms with van der Waals surface area (Å²) in [4.78, 5) is 4.49. The van der Waals surface area contributed by atoms with Crippen molar-refractivity contribution in [1.82, 2.24) is 0 Å². The van der Waals surface area contributed by atoms with Gasteiger partial charge in [0, 0.05) is 48.3 Å². The van der Waals surface area contributed by atoms with E-state index < -0.39 is 0 Å². The van der Waals surface area contributed by atoms with Crippen molar-refractivity contribution in [3.63, 3.8) is 0 Å². The van der Waals surface area contributed by atoms with Crippen LogP contribution in [0.25, 0.3) is 11.1 Å². The van der Waals surface area contributed by atoms with Crippen molar-refractivity contribution in [2.45, 2.75) is 0 Å². The van der Waals surface area contributed by atoms with Crippen LogP contribution in [0.15, 0.2) is 158 Å². The summed E-state index contributed by atoms with van der Waals surface area (Å²) >= 11 is 0. The number of hydrogen-bond acceptors (Lipinski definition) is 6. The molecule has 0 N–H and O–H groups in total. The Labute approximate surface area is 283 Å². The first-order chi connectivity index (χ1) is 23.7. The summed E-state index contributed by atoms with van der Waals surface area (Å²) in [6, 6.07) is 54.6. The Balaban J connectivity index is 1.24. The molecule has 0 aliphatic rings. The van der Waals surface area contributed by atoms with Gasteiger partial charge in [0.25, 0.3) is 0 Å². The molecule has 0 saturated heterocycles. The first kappa shape index (κ1) is 32.4. The van der Waals surface area contributed by atoms with Crippen LogP contribution in [-0.4, -0.2) is 40.6 Å². The zero-order valence-electron chi connectivity index (χ0n) is 27.4. The molecule has 6 aromatic rings. The maximum atomic E-state index is 5.80. The highest BCUT2D eigenvalue weighted by Crippen LogP contribution is 2.38. The van der Waals surface area contributed by atoms with E-state index in [1.807, 2.05) is 36.4 Å². The molecule has 0 aromatic heterocycles. The van der Waals surface area contributed by atoms with Crippen LogP contribution < -0.4 is 19.3 Å². The van der Waals surface area contributed by atoms with Gasteiger partial charge in [-0.3, -0.25) is 0 Å². The van der Waals surface area contributed by atoms with E-state index in [1.54, 1.807) is 14.2 Å². The quantitative estimate of drug-likeness (QED) is 0.105. The van der Waals surface area contributed by atoms with Gasteiger partial charge in [0.05, 0.1) is 13.2 Å². The molecule has 0 spiro atoms. The second-order valence-electron chi connectivity index (χ2n) is 11.1. The van der Waals surface area contributed by atoms with Gasteiger partial charge in [0.2, 0.25) is 0 Å². The zero-order chi connectivity index (χ0) is 33.0. The lowest BCUT2D eigenvalue weighted by atomic mass is 10.0. The van der Waals surface area contributed by atoms with Crippen LogP contribution in [0.1, 0.15) is 0 Å². The van der Waals surface area contributed by atoms with Crippen molar-refractivity contribution in [2.24, 2.45) is 0 Å². The molecule has 0 aliphatic heterocycles. The summed E-state index contributed by atoms with van der Waals surface area (Å²) in [5.41, 5.74) is 8.68. The van der Waals surface area contributed by atoms with Crippen molar-refractivity contribution in [1.29, 1.82) is 0 Å². The summed E-state index contributed by atoms with van der Waals surface area (Å²) in [7, 11) is 3.35. The maximum absolute atomic E-state index is 5.80. The van der Waals surface area contributed by atoms with E-state index in [4.69, 9.17) is 18.9 Å². The first-order valence-corrected chi connectivity index (χ1v) is 16.1. The lowest BCUT2D eigenvalue weighted by Crippen LogP contribution is -2.10. The smallest absolute Gasteiger partial charge is 0.119 e. The number of methoxy groups -OCH3 is 2. The molecule has 0 saturated carbocycles. The van der Waals surface area contributed by atoms with Gasteiger partial charge in [-0.25, -0.2) is 0 Å². The predicted molar refractivity (Wildman–Crippen MR) is 196 cm³/mol. The molecular formula is C42H40N2O4. The lowest BCUT2D eigenvalue weighted by molar-refractivity contribution is 0.146. The third kappa shape index (κ3) is 8.04. The van der Waals surface area contributed by atoms with Gasteiger partial charge in [-0.05, 0) is 108 Å². The molecule has 0 radical (unpaired) electrons. The monoisotopic (exact) mass is 636 g/mol. The van der Waals surface area contributed by atoms with E-state index in [0.717, 1.165) is 56.8 Å². The molecule has 0 heterocycles. The number of ether oxygens (including phenoxy) is 4. The van der Waals surface area contributed by atoms with Crippen molar-refractivity contribution >= 4 is 34.1 Å². The second-order valence-corrected chi connectivity index (χ2v) is 11.1. The average Bonchev–Trinajstić information content (AvgIpc) is 3.15. The minimum absolute atomic E-state index is 0.517.